The van der Waals surface area contributed by atoms with Gasteiger partial charge in [0.05, 0.1) is 0 Å². The lowest BCUT2D eigenvalue weighted by Crippen LogP contribution is -2.44. The molecule has 0 unspecified atom stereocenters. The summed E-state index contributed by atoms with van der Waals surface area (Å²) in [6.07, 6.45) is 4.61. The van der Waals surface area contributed by atoms with Crippen LogP contribution in [-0.4, -0.2) is 24.4 Å². The Hall–Kier alpha value is -1.10. The molecule has 94 valence electrons. The highest BCUT2D eigenvalue weighted by atomic mass is 16.2. The molecular formula is C11H23N3O2. The fourth-order valence-electron chi connectivity index (χ4n) is 1.41. The smallest absolute Gasteiger partial charge is 0.240 e. The van der Waals surface area contributed by atoms with Crippen LogP contribution in [0.5, 0.6) is 0 Å². The number of carbonyl (C=O) groups excluding carboxylic acids is 2. The predicted octanol–water partition coefficient (Wildman–Crippen LogP) is 0.276. The summed E-state index contributed by atoms with van der Waals surface area (Å²) >= 11 is 0. The SMILES string of the molecule is CCCCCC(=O)N[C@@H](CCCN)C(N)=O. The number of unbranched alkanes of at least 4 members (excludes halogenated alkanes) is 2. The van der Waals surface area contributed by atoms with Crippen molar-refractivity contribution in [3.63, 3.8) is 0 Å². The first-order chi connectivity index (χ1) is 7.61. The van der Waals surface area contributed by atoms with Crippen molar-refractivity contribution in [3.05, 3.63) is 0 Å². The molecule has 0 aliphatic heterocycles. The van der Waals surface area contributed by atoms with Crippen molar-refractivity contribution in [1.82, 2.24) is 5.32 Å². The largest absolute Gasteiger partial charge is 0.368 e. The topological polar surface area (TPSA) is 98.2 Å². The number of hydrogen-bond acceptors (Lipinski definition) is 3. The summed E-state index contributed by atoms with van der Waals surface area (Å²) in [6.45, 7) is 2.57. The average molecular weight is 229 g/mol. The molecule has 0 radical (unpaired) electrons. The van der Waals surface area contributed by atoms with E-state index in [-0.39, 0.29) is 5.91 Å². The minimum Gasteiger partial charge on any atom is -0.368 e. The molecule has 0 rings (SSSR count). The summed E-state index contributed by atoms with van der Waals surface area (Å²) in [5, 5.41) is 2.64. The van der Waals surface area contributed by atoms with E-state index in [4.69, 9.17) is 11.5 Å². The molecule has 1 atom stereocenters. The van der Waals surface area contributed by atoms with Crippen molar-refractivity contribution in [3.8, 4) is 0 Å². The molecule has 0 aromatic carbocycles. The zero-order valence-corrected chi connectivity index (χ0v) is 10.00. The van der Waals surface area contributed by atoms with Gasteiger partial charge in [-0.05, 0) is 25.8 Å². The first-order valence-electron chi connectivity index (χ1n) is 5.90. The Labute approximate surface area is 96.9 Å². The summed E-state index contributed by atoms with van der Waals surface area (Å²) in [6, 6.07) is -0.572. The van der Waals surface area contributed by atoms with Crippen LogP contribution in [0.1, 0.15) is 45.4 Å². The lowest BCUT2D eigenvalue weighted by Gasteiger charge is -2.14. The van der Waals surface area contributed by atoms with Crippen LogP contribution in [0.4, 0.5) is 0 Å². The van der Waals surface area contributed by atoms with Crippen LogP contribution in [-0.2, 0) is 9.59 Å². The zero-order chi connectivity index (χ0) is 12.4. The van der Waals surface area contributed by atoms with E-state index in [1.54, 1.807) is 0 Å². The van der Waals surface area contributed by atoms with Crippen LogP contribution >= 0.6 is 0 Å². The molecule has 0 aromatic heterocycles. The third-order valence-electron chi connectivity index (χ3n) is 2.38. The van der Waals surface area contributed by atoms with Gasteiger partial charge in [0.25, 0.3) is 0 Å². The predicted molar refractivity (Wildman–Crippen MR) is 63.6 cm³/mol. The molecule has 5 N–H and O–H groups in total. The minimum absolute atomic E-state index is 0.103. The van der Waals surface area contributed by atoms with Gasteiger partial charge in [0, 0.05) is 6.42 Å². The Kier molecular flexibility index (Phi) is 8.52. The van der Waals surface area contributed by atoms with Crippen LogP contribution in [0.15, 0.2) is 0 Å². The lowest BCUT2D eigenvalue weighted by molar-refractivity contribution is -0.127. The van der Waals surface area contributed by atoms with Crippen LogP contribution in [0.2, 0.25) is 0 Å². The van der Waals surface area contributed by atoms with Crippen molar-refractivity contribution in [2.45, 2.75) is 51.5 Å². The van der Waals surface area contributed by atoms with Gasteiger partial charge in [-0.15, -0.1) is 0 Å². The van der Waals surface area contributed by atoms with Gasteiger partial charge in [-0.1, -0.05) is 19.8 Å². The highest BCUT2D eigenvalue weighted by Crippen LogP contribution is 2.01. The molecule has 0 heterocycles. The van der Waals surface area contributed by atoms with E-state index in [9.17, 15) is 9.59 Å². The van der Waals surface area contributed by atoms with Crippen molar-refractivity contribution < 1.29 is 9.59 Å². The maximum atomic E-state index is 11.4. The van der Waals surface area contributed by atoms with E-state index < -0.39 is 11.9 Å². The van der Waals surface area contributed by atoms with Gasteiger partial charge in [-0.25, -0.2) is 0 Å². The fourth-order valence-corrected chi connectivity index (χ4v) is 1.41. The number of amides is 2. The average Bonchev–Trinajstić information content (AvgIpc) is 2.24. The van der Waals surface area contributed by atoms with Crippen LogP contribution in [0.25, 0.3) is 0 Å². The third-order valence-corrected chi connectivity index (χ3v) is 2.38. The molecular weight excluding hydrogens is 206 g/mol. The van der Waals surface area contributed by atoms with Crippen LogP contribution in [0.3, 0.4) is 0 Å². The van der Waals surface area contributed by atoms with Gasteiger partial charge >= 0.3 is 0 Å². The molecule has 0 aromatic rings. The molecule has 2 amide bonds. The molecule has 16 heavy (non-hydrogen) atoms. The second-order valence-corrected chi connectivity index (χ2v) is 3.91. The van der Waals surface area contributed by atoms with Gasteiger partial charge in [0.15, 0.2) is 0 Å². The number of rotatable bonds is 9. The summed E-state index contributed by atoms with van der Waals surface area (Å²) in [5.74, 6) is -0.591. The number of primary amides is 1. The number of carbonyl (C=O) groups is 2. The molecule has 5 heteroatoms. The van der Waals surface area contributed by atoms with Gasteiger partial charge in [-0.3, -0.25) is 9.59 Å². The van der Waals surface area contributed by atoms with Gasteiger partial charge in [0.1, 0.15) is 6.04 Å². The highest BCUT2D eigenvalue weighted by molar-refractivity contribution is 5.86. The van der Waals surface area contributed by atoms with Crippen LogP contribution in [0, 0.1) is 0 Å². The second kappa shape index (κ2) is 9.15. The molecule has 0 saturated carbocycles. The van der Waals surface area contributed by atoms with Crippen LogP contribution < -0.4 is 16.8 Å². The second-order valence-electron chi connectivity index (χ2n) is 3.91. The van der Waals surface area contributed by atoms with E-state index in [0.29, 0.717) is 25.8 Å². The Morgan fingerprint density at radius 3 is 2.44 bits per heavy atom. The maximum Gasteiger partial charge on any atom is 0.240 e. The Morgan fingerprint density at radius 2 is 1.94 bits per heavy atom. The van der Waals surface area contributed by atoms with Gasteiger partial charge < -0.3 is 16.8 Å². The molecule has 0 aliphatic rings. The quantitative estimate of drug-likeness (QED) is 0.495. The standard InChI is InChI=1S/C11H23N3O2/c1-2-3-4-7-10(15)14-9(11(13)16)6-5-8-12/h9H,2-8,12H2,1H3,(H2,13,16)(H,14,15)/t9-/m0/s1. The van der Waals surface area contributed by atoms with E-state index in [1.165, 1.54) is 0 Å². The van der Waals surface area contributed by atoms with Crippen molar-refractivity contribution >= 4 is 11.8 Å². The Bertz CT molecular complexity index is 219. The maximum absolute atomic E-state index is 11.4. The van der Waals surface area contributed by atoms with E-state index >= 15 is 0 Å². The highest BCUT2D eigenvalue weighted by Gasteiger charge is 2.16. The first-order valence-corrected chi connectivity index (χ1v) is 5.90. The molecule has 0 spiro atoms. The summed E-state index contributed by atoms with van der Waals surface area (Å²) in [4.78, 5) is 22.5. The molecule has 5 nitrogen and oxygen atoms in total. The van der Waals surface area contributed by atoms with Gasteiger partial charge in [0.2, 0.25) is 11.8 Å². The van der Waals surface area contributed by atoms with E-state index in [1.807, 2.05) is 0 Å². The van der Waals surface area contributed by atoms with Crippen molar-refractivity contribution in [2.75, 3.05) is 6.54 Å². The number of nitrogens with one attached hydrogen (secondary N) is 1. The number of hydrogen-bond donors (Lipinski definition) is 3. The summed E-state index contributed by atoms with van der Waals surface area (Å²) in [5.41, 5.74) is 10.5. The monoisotopic (exact) mass is 229 g/mol. The molecule has 0 bridgehead atoms. The molecule has 0 fully saturated rings. The molecule has 0 saturated heterocycles. The minimum atomic E-state index is -0.572. The normalized spacial score (nSPS) is 12.1. The summed E-state index contributed by atoms with van der Waals surface area (Å²) in [7, 11) is 0. The first kappa shape index (κ1) is 14.9. The third kappa shape index (κ3) is 7.23. The fraction of sp³-hybridized carbons (Fsp3) is 0.818. The zero-order valence-electron chi connectivity index (χ0n) is 10.00. The van der Waals surface area contributed by atoms with Crippen molar-refractivity contribution in [2.24, 2.45) is 11.5 Å². The number of nitrogens with two attached hydrogens (primary N) is 2. The Balaban J connectivity index is 3.88. The Morgan fingerprint density at radius 1 is 1.25 bits per heavy atom. The van der Waals surface area contributed by atoms with Crippen molar-refractivity contribution in [1.29, 1.82) is 0 Å². The van der Waals surface area contributed by atoms with E-state index in [0.717, 1.165) is 19.3 Å². The van der Waals surface area contributed by atoms with E-state index in [2.05, 4.69) is 12.2 Å². The lowest BCUT2D eigenvalue weighted by atomic mass is 10.1. The van der Waals surface area contributed by atoms with Gasteiger partial charge in [-0.2, -0.15) is 0 Å². The molecule has 0 aliphatic carbocycles. The summed E-state index contributed by atoms with van der Waals surface area (Å²) < 4.78 is 0.